The summed E-state index contributed by atoms with van der Waals surface area (Å²) >= 11 is 0. The number of ether oxygens (including phenoxy) is 1. The van der Waals surface area contributed by atoms with Gasteiger partial charge in [-0.05, 0) is 42.0 Å². The molecule has 3 aromatic rings. The lowest BCUT2D eigenvalue weighted by molar-refractivity contribution is 0.242. The molecule has 0 saturated heterocycles. The summed E-state index contributed by atoms with van der Waals surface area (Å²) in [4.78, 5) is 18.0. The number of nitrogens with zero attached hydrogens (tertiary/aromatic N) is 2. The van der Waals surface area contributed by atoms with Crippen LogP contribution in [0.4, 0.5) is 0 Å². The lowest BCUT2D eigenvalue weighted by atomic mass is 9.78. The quantitative estimate of drug-likeness (QED) is 0.593. The topological polar surface area (TPSA) is 63.8 Å². The highest BCUT2D eigenvalue weighted by molar-refractivity contribution is 6.01. The van der Waals surface area contributed by atoms with Crippen LogP contribution < -0.4 is 10.3 Å². The largest absolute Gasteiger partial charge is 0.497 e. The molecule has 3 atom stereocenters. The van der Waals surface area contributed by atoms with Gasteiger partial charge in [0.25, 0.3) is 5.56 Å². The first kappa shape index (κ1) is 21.2. The van der Waals surface area contributed by atoms with E-state index in [0.717, 1.165) is 23.1 Å². The van der Waals surface area contributed by atoms with Crippen LogP contribution in [-0.2, 0) is 6.54 Å². The average Bonchev–Trinajstić information content (AvgIpc) is 2.79. The number of aliphatic imine (C=N–C) groups is 1. The van der Waals surface area contributed by atoms with Gasteiger partial charge in [-0.15, -0.1) is 0 Å². The summed E-state index contributed by atoms with van der Waals surface area (Å²) in [5, 5.41) is 12.4. The lowest BCUT2D eigenvalue weighted by Crippen LogP contribution is -2.27. The van der Waals surface area contributed by atoms with Crippen molar-refractivity contribution >= 4 is 17.0 Å². The monoisotopic (exact) mass is 418 g/mol. The Balaban J connectivity index is 1.77. The first-order valence-corrected chi connectivity index (χ1v) is 11.0. The molecule has 1 aromatic heterocycles. The number of hydrogen-bond donors (Lipinski definition) is 1. The van der Waals surface area contributed by atoms with Gasteiger partial charge < -0.3 is 9.84 Å². The second-order valence-electron chi connectivity index (χ2n) is 8.64. The number of hydrogen-bond acceptors (Lipinski definition) is 4. The van der Waals surface area contributed by atoms with Gasteiger partial charge in [0.05, 0.1) is 25.3 Å². The van der Waals surface area contributed by atoms with Crippen LogP contribution in [0.2, 0.25) is 0 Å². The molecule has 1 aliphatic rings. The van der Waals surface area contributed by atoms with Crippen molar-refractivity contribution < 1.29 is 9.84 Å². The van der Waals surface area contributed by atoms with Crippen LogP contribution >= 0.6 is 0 Å². The Morgan fingerprint density at radius 1 is 1.10 bits per heavy atom. The van der Waals surface area contributed by atoms with Gasteiger partial charge in [0, 0.05) is 17.0 Å². The number of aromatic nitrogens is 1. The van der Waals surface area contributed by atoms with E-state index in [9.17, 15) is 9.90 Å². The molecule has 1 saturated carbocycles. The molecule has 162 valence electrons. The first-order chi connectivity index (χ1) is 15.0. The summed E-state index contributed by atoms with van der Waals surface area (Å²) in [5.41, 5.74) is 1.31. The molecule has 5 nitrogen and oxygen atoms in total. The Hall–Kier alpha value is -3.08. The SMILES string of the molecule is COc1ccc(Cn2c(O)c(C=N[C@H]3CCC[C@H](C)[C@H]3C)c3ccccc3c2=O)cc1. The molecule has 31 heavy (non-hydrogen) atoms. The van der Waals surface area contributed by atoms with Gasteiger partial charge in [-0.25, -0.2) is 0 Å². The van der Waals surface area contributed by atoms with E-state index in [-0.39, 0.29) is 24.0 Å². The van der Waals surface area contributed by atoms with Crippen LogP contribution in [-0.4, -0.2) is 29.0 Å². The number of aromatic hydroxyl groups is 1. The number of pyridine rings is 1. The van der Waals surface area contributed by atoms with Gasteiger partial charge in [0.2, 0.25) is 5.88 Å². The van der Waals surface area contributed by atoms with Gasteiger partial charge in [-0.3, -0.25) is 14.4 Å². The molecule has 1 aliphatic carbocycles. The van der Waals surface area contributed by atoms with Crippen molar-refractivity contribution in [1.29, 1.82) is 0 Å². The second kappa shape index (κ2) is 8.96. The van der Waals surface area contributed by atoms with Crippen molar-refractivity contribution in [2.24, 2.45) is 16.8 Å². The molecule has 0 spiro atoms. The zero-order valence-corrected chi connectivity index (χ0v) is 18.4. The number of fused-ring (bicyclic) bond motifs is 1. The standard InChI is InChI=1S/C26H30N2O3/c1-17-7-6-10-24(18(17)2)27-15-23-21-8-4-5-9-22(21)25(29)28(26(23)30)16-19-11-13-20(31-3)14-12-19/h4-5,8-9,11-15,17-18,24,30H,6-7,10,16H2,1-3H3/t17-,18+,24-/m0/s1. The lowest BCUT2D eigenvalue weighted by Gasteiger charge is -2.31. The van der Waals surface area contributed by atoms with Crippen LogP contribution in [0.15, 0.2) is 58.3 Å². The maximum absolute atomic E-state index is 13.2. The molecule has 4 rings (SSSR count). The zero-order valence-electron chi connectivity index (χ0n) is 18.4. The molecular weight excluding hydrogens is 388 g/mol. The molecule has 1 N–H and O–H groups in total. The van der Waals surface area contributed by atoms with E-state index in [0.29, 0.717) is 22.8 Å². The van der Waals surface area contributed by atoms with Crippen LogP contribution in [0, 0.1) is 11.8 Å². The summed E-state index contributed by atoms with van der Waals surface area (Å²) in [7, 11) is 1.62. The molecule has 1 heterocycles. The molecule has 2 aromatic carbocycles. The van der Waals surface area contributed by atoms with Crippen LogP contribution in [0.25, 0.3) is 10.8 Å². The minimum atomic E-state index is -0.208. The number of benzene rings is 2. The van der Waals surface area contributed by atoms with Crippen molar-refractivity contribution in [3.05, 3.63) is 70.0 Å². The molecular formula is C26H30N2O3. The third-order valence-corrected chi connectivity index (χ3v) is 6.75. The van der Waals surface area contributed by atoms with Gasteiger partial charge in [-0.1, -0.05) is 57.0 Å². The van der Waals surface area contributed by atoms with E-state index in [4.69, 9.17) is 9.73 Å². The van der Waals surface area contributed by atoms with Crippen LogP contribution in [0.5, 0.6) is 11.6 Å². The predicted octanol–water partition coefficient (Wildman–Crippen LogP) is 5.01. The summed E-state index contributed by atoms with van der Waals surface area (Å²) in [6.07, 6.45) is 5.26. The van der Waals surface area contributed by atoms with Gasteiger partial charge in [0.1, 0.15) is 5.75 Å². The van der Waals surface area contributed by atoms with Crippen molar-refractivity contribution in [3.63, 3.8) is 0 Å². The Kier molecular flexibility index (Phi) is 6.12. The minimum Gasteiger partial charge on any atom is -0.497 e. The fourth-order valence-corrected chi connectivity index (χ4v) is 4.53. The molecule has 0 radical (unpaired) electrons. The summed E-state index contributed by atoms with van der Waals surface area (Å²) in [6, 6.07) is 15.2. The Labute approximate surface area is 183 Å². The van der Waals surface area contributed by atoms with Crippen molar-refractivity contribution in [2.45, 2.75) is 45.7 Å². The summed E-state index contributed by atoms with van der Waals surface area (Å²) in [6.45, 7) is 4.82. The van der Waals surface area contributed by atoms with E-state index in [1.165, 1.54) is 17.4 Å². The summed E-state index contributed by atoms with van der Waals surface area (Å²) in [5.74, 6) is 1.86. The minimum absolute atomic E-state index is 0.0419. The van der Waals surface area contributed by atoms with Crippen molar-refractivity contribution in [3.8, 4) is 11.6 Å². The van der Waals surface area contributed by atoms with Crippen molar-refractivity contribution in [1.82, 2.24) is 4.57 Å². The van der Waals surface area contributed by atoms with Gasteiger partial charge in [-0.2, -0.15) is 0 Å². The van der Waals surface area contributed by atoms with Gasteiger partial charge >= 0.3 is 0 Å². The fourth-order valence-electron chi connectivity index (χ4n) is 4.53. The average molecular weight is 419 g/mol. The van der Waals surface area contributed by atoms with E-state index >= 15 is 0 Å². The molecule has 5 heteroatoms. The molecule has 0 unspecified atom stereocenters. The van der Waals surface area contributed by atoms with Crippen LogP contribution in [0.1, 0.15) is 44.2 Å². The van der Waals surface area contributed by atoms with E-state index < -0.39 is 0 Å². The van der Waals surface area contributed by atoms with E-state index in [1.54, 1.807) is 13.3 Å². The van der Waals surface area contributed by atoms with E-state index in [1.807, 2.05) is 48.5 Å². The van der Waals surface area contributed by atoms with Crippen molar-refractivity contribution in [2.75, 3.05) is 7.11 Å². The number of methoxy groups -OCH3 is 1. The molecule has 1 fully saturated rings. The van der Waals surface area contributed by atoms with Crippen LogP contribution in [0.3, 0.4) is 0 Å². The Morgan fingerprint density at radius 2 is 1.81 bits per heavy atom. The fraction of sp³-hybridized carbons (Fsp3) is 0.385. The highest BCUT2D eigenvalue weighted by Crippen LogP contribution is 2.32. The maximum atomic E-state index is 13.2. The summed E-state index contributed by atoms with van der Waals surface area (Å²) < 4.78 is 6.64. The third kappa shape index (κ3) is 4.22. The molecule has 0 bridgehead atoms. The highest BCUT2D eigenvalue weighted by Gasteiger charge is 2.26. The van der Waals surface area contributed by atoms with Gasteiger partial charge in [0.15, 0.2) is 0 Å². The third-order valence-electron chi connectivity index (χ3n) is 6.75. The normalized spacial score (nSPS) is 21.6. The Morgan fingerprint density at radius 3 is 2.52 bits per heavy atom. The predicted molar refractivity (Wildman–Crippen MR) is 126 cm³/mol. The number of rotatable bonds is 5. The zero-order chi connectivity index (χ0) is 22.0. The van der Waals surface area contributed by atoms with E-state index in [2.05, 4.69) is 13.8 Å². The maximum Gasteiger partial charge on any atom is 0.261 e. The molecule has 0 amide bonds. The smallest absolute Gasteiger partial charge is 0.261 e. The first-order valence-electron chi connectivity index (χ1n) is 11.0. The Bertz CT molecular complexity index is 1150. The highest BCUT2D eigenvalue weighted by atomic mass is 16.5. The molecule has 0 aliphatic heterocycles. The second-order valence-corrected chi connectivity index (χ2v) is 8.64.